The normalized spacial score (nSPS) is 22.4. The Labute approximate surface area is 98.3 Å². The summed E-state index contributed by atoms with van der Waals surface area (Å²) in [6, 6.07) is 0.569. The van der Waals surface area contributed by atoms with E-state index < -0.39 is 0 Å². The summed E-state index contributed by atoms with van der Waals surface area (Å²) in [5, 5.41) is 2.93. The van der Waals surface area contributed by atoms with Crippen LogP contribution in [0.4, 0.5) is 0 Å². The smallest absolute Gasteiger partial charge is 0.249 e. The van der Waals surface area contributed by atoms with Crippen LogP contribution in [-0.4, -0.2) is 49.7 Å². The van der Waals surface area contributed by atoms with Gasteiger partial charge in [0.15, 0.2) is 0 Å². The average molecular weight is 228 g/mol. The van der Waals surface area contributed by atoms with Gasteiger partial charge < -0.3 is 15.0 Å². The molecular formula is C12H24N2O2. The summed E-state index contributed by atoms with van der Waals surface area (Å²) in [6.45, 7) is 6.70. The minimum atomic E-state index is -0.200. The Kier molecular flexibility index (Phi) is 5.77. The molecule has 1 amide bonds. The zero-order valence-electron chi connectivity index (χ0n) is 10.7. The maximum absolute atomic E-state index is 11.6. The molecule has 1 aliphatic rings. The summed E-state index contributed by atoms with van der Waals surface area (Å²) >= 11 is 0. The Morgan fingerprint density at radius 3 is 2.94 bits per heavy atom. The van der Waals surface area contributed by atoms with Gasteiger partial charge in [0.25, 0.3) is 0 Å². The lowest BCUT2D eigenvalue weighted by Gasteiger charge is -2.23. The van der Waals surface area contributed by atoms with Gasteiger partial charge in [-0.1, -0.05) is 6.92 Å². The Bertz CT molecular complexity index is 215. The predicted molar refractivity (Wildman–Crippen MR) is 64.4 cm³/mol. The third kappa shape index (κ3) is 4.10. The van der Waals surface area contributed by atoms with Crippen molar-refractivity contribution in [1.82, 2.24) is 10.2 Å². The number of amides is 1. The summed E-state index contributed by atoms with van der Waals surface area (Å²) in [7, 11) is 2.09. The molecule has 0 spiro atoms. The molecular weight excluding hydrogens is 204 g/mol. The van der Waals surface area contributed by atoms with Crippen molar-refractivity contribution in [3.05, 3.63) is 0 Å². The zero-order valence-corrected chi connectivity index (χ0v) is 10.7. The van der Waals surface area contributed by atoms with Crippen molar-refractivity contribution in [2.24, 2.45) is 0 Å². The first-order valence-corrected chi connectivity index (χ1v) is 6.24. The number of hydrogen-bond acceptors (Lipinski definition) is 3. The topological polar surface area (TPSA) is 41.6 Å². The van der Waals surface area contributed by atoms with Crippen LogP contribution in [0.1, 0.15) is 33.1 Å². The molecule has 4 nitrogen and oxygen atoms in total. The second-order valence-electron chi connectivity index (χ2n) is 4.53. The van der Waals surface area contributed by atoms with E-state index in [1.165, 1.54) is 0 Å². The molecule has 16 heavy (non-hydrogen) atoms. The van der Waals surface area contributed by atoms with Crippen molar-refractivity contribution in [1.29, 1.82) is 0 Å². The summed E-state index contributed by atoms with van der Waals surface area (Å²) in [5.74, 6) is 0.0510. The molecule has 0 aromatic carbocycles. The Hall–Kier alpha value is -0.610. The van der Waals surface area contributed by atoms with E-state index in [1.807, 2.05) is 0 Å². The number of likely N-dealkylation sites (N-methyl/N-ethyl adjacent to an activating group) is 1. The van der Waals surface area contributed by atoms with Crippen molar-refractivity contribution >= 4 is 5.91 Å². The predicted octanol–water partition coefficient (Wildman–Crippen LogP) is 1.01. The first kappa shape index (κ1) is 13.5. The van der Waals surface area contributed by atoms with E-state index in [1.54, 1.807) is 0 Å². The second-order valence-corrected chi connectivity index (χ2v) is 4.53. The van der Waals surface area contributed by atoms with Crippen LogP contribution in [-0.2, 0) is 9.53 Å². The van der Waals surface area contributed by atoms with Crippen molar-refractivity contribution in [2.75, 3.05) is 26.7 Å². The van der Waals surface area contributed by atoms with Crippen molar-refractivity contribution in [3.63, 3.8) is 0 Å². The van der Waals surface area contributed by atoms with Crippen LogP contribution in [0.3, 0.4) is 0 Å². The number of nitrogens with zero attached hydrogens (tertiary/aromatic N) is 1. The maximum Gasteiger partial charge on any atom is 0.249 e. The number of nitrogens with one attached hydrogen (secondary N) is 1. The van der Waals surface area contributed by atoms with Crippen molar-refractivity contribution < 1.29 is 9.53 Å². The lowest BCUT2D eigenvalue weighted by molar-refractivity contribution is -0.130. The number of carbonyl (C=O) groups excluding carboxylic acids is 1. The van der Waals surface area contributed by atoms with Crippen molar-refractivity contribution in [3.8, 4) is 0 Å². The Morgan fingerprint density at radius 1 is 1.62 bits per heavy atom. The molecule has 1 fully saturated rings. The molecule has 0 radical (unpaired) electrons. The fraction of sp³-hybridized carbons (Fsp3) is 0.917. The van der Waals surface area contributed by atoms with Crippen molar-refractivity contribution in [2.45, 2.75) is 45.3 Å². The van der Waals surface area contributed by atoms with Crippen LogP contribution >= 0.6 is 0 Å². The number of rotatable bonds is 6. The fourth-order valence-electron chi connectivity index (χ4n) is 1.79. The summed E-state index contributed by atoms with van der Waals surface area (Å²) in [6.07, 6.45) is 2.81. The third-order valence-corrected chi connectivity index (χ3v) is 3.33. The van der Waals surface area contributed by atoms with Gasteiger partial charge >= 0.3 is 0 Å². The van der Waals surface area contributed by atoms with Gasteiger partial charge in [-0.25, -0.2) is 0 Å². The van der Waals surface area contributed by atoms with E-state index in [4.69, 9.17) is 4.74 Å². The van der Waals surface area contributed by atoms with Crippen LogP contribution in [0, 0.1) is 0 Å². The molecule has 0 aliphatic carbocycles. The average Bonchev–Trinajstić information content (AvgIpc) is 2.81. The van der Waals surface area contributed by atoms with Crippen LogP contribution in [0.25, 0.3) is 0 Å². The first-order chi connectivity index (χ1) is 7.65. The molecule has 1 heterocycles. The summed E-state index contributed by atoms with van der Waals surface area (Å²) in [4.78, 5) is 13.9. The highest BCUT2D eigenvalue weighted by Gasteiger charge is 2.22. The Morgan fingerprint density at radius 2 is 2.38 bits per heavy atom. The minimum Gasteiger partial charge on any atom is -0.368 e. The number of carbonyl (C=O) groups is 1. The molecule has 0 bridgehead atoms. The molecule has 0 saturated carbocycles. The van der Waals surface area contributed by atoms with E-state index in [2.05, 4.69) is 31.1 Å². The lowest BCUT2D eigenvalue weighted by Crippen LogP contribution is -2.40. The van der Waals surface area contributed by atoms with Crippen LogP contribution < -0.4 is 5.32 Å². The molecule has 94 valence electrons. The second kappa shape index (κ2) is 6.86. The van der Waals surface area contributed by atoms with E-state index in [0.29, 0.717) is 12.6 Å². The number of ether oxygens (including phenoxy) is 1. The fourth-order valence-corrected chi connectivity index (χ4v) is 1.79. The molecule has 0 aromatic heterocycles. The van der Waals surface area contributed by atoms with Gasteiger partial charge in [-0.2, -0.15) is 0 Å². The maximum atomic E-state index is 11.6. The zero-order chi connectivity index (χ0) is 12.0. The molecule has 1 N–H and O–H groups in total. The highest BCUT2D eigenvalue weighted by atomic mass is 16.5. The lowest BCUT2D eigenvalue weighted by atomic mass is 10.2. The van der Waals surface area contributed by atoms with Gasteiger partial charge in [-0.05, 0) is 33.2 Å². The summed E-state index contributed by atoms with van der Waals surface area (Å²) in [5.41, 5.74) is 0. The largest absolute Gasteiger partial charge is 0.368 e. The van der Waals surface area contributed by atoms with E-state index in [0.717, 1.165) is 32.4 Å². The SMILES string of the molecule is CC[C@H](C)N(C)CCNC(=O)[C@@H]1CCCO1. The van der Waals surface area contributed by atoms with Crippen LogP contribution in [0.2, 0.25) is 0 Å². The first-order valence-electron chi connectivity index (χ1n) is 6.24. The molecule has 0 unspecified atom stereocenters. The van der Waals surface area contributed by atoms with Gasteiger partial charge in [0.2, 0.25) is 5.91 Å². The van der Waals surface area contributed by atoms with E-state index in [9.17, 15) is 4.79 Å². The monoisotopic (exact) mass is 228 g/mol. The molecule has 1 rings (SSSR count). The molecule has 1 saturated heterocycles. The van der Waals surface area contributed by atoms with Crippen LogP contribution in [0.5, 0.6) is 0 Å². The highest BCUT2D eigenvalue weighted by molar-refractivity contribution is 5.80. The van der Waals surface area contributed by atoms with Gasteiger partial charge in [-0.3, -0.25) is 4.79 Å². The summed E-state index contributed by atoms with van der Waals surface area (Å²) < 4.78 is 5.32. The molecule has 2 atom stereocenters. The highest BCUT2D eigenvalue weighted by Crippen LogP contribution is 2.11. The Balaban J connectivity index is 2.12. The number of hydrogen-bond donors (Lipinski definition) is 1. The minimum absolute atomic E-state index is 0.0510. The quantitative estimate of drug-likeness (QED) is 0.738. The molecule has 4 heteroatoms. The molecule has 1 aliphatic heterocycles. The molecule has 0 aromatic rings. The van der Waals surface area contributed by atoms with E-state index in [-0.39, 0.29) is 12.0 Å². The van der Waals surface area contributed by atoms with Gasteiger partial charge in [0, 0.05) is 25.7 Å². The van der Waals surface area contributed by atoms with Crippen LogP contribution in [0.15, 0.2) is 0 Å². The van der Waals surface area contributed by atoms with Gasteiger partial charge in [0.05, 0.1) is 0 Å². The van der Waals surface area contributed by atoms with Gasteiger partial charge in [-0.15, -0.1) is 0 Å². The van der Waals surface area contributed by atoms with E-state index >= 15 is 0 Å². The van der Waals surface area contributed by atoms with Gasteiger partial charge in [0.1, 0.15) is 6.10 Å². The standard InChI is InChI=1S/C12H24N2O2/c1-4-10(2)14(3)8-7-13-12(15)11-6-5-9-16-11/h10-11H,4-9H2,1-3H3,(H,13,15)/t10-,11-/m0/s1. The third-order valence-electron chi connectivity index (χ3n) is 3.33.